The summed E-state index contributed by atoms with van der Waals surface area (Å²) in [4.78, 5) is 55.5. The standard InChI is InChI=1S/C18H28N6O7/c1-9(26)14(24-15(27)11-3-2-4-20-11)17(29)22-12(5-10-6-19-8-21-10)16(28)23-13(7-25)18(30)31/h6,8-9,11-14,20,25-26H,2-5,7H2,1H3,(H,19,21)(H,22,29)(H,23,28)(H,24,27)(H,30,31). The molecule has 0 saturated carbocycles. The second-order valence-electron chi connectivity index (χ2n) is 7.30. The molecule has 0 spiro atoms. The van der Waals surface area contributed by atoms with Crippen molar-refractivity contribution in [1.29, 1.82) is 0 Å². The largest absolute Gasteiger partial charge is 0.480 e. The molecule has 2 rings (SSSR count). The molecule has 0 bridgehead atoms. The van der Waals surface area contributed by atoms with Gasteiger partial charge in [0.2, 0.25) is 17.7 Å². The van der Waals surface area contributed by atoms with E-state index in [0.29, 0.717) is 18.7 Å². The maximum atomic E-state index is 12.8. The van der Waals surface area contributed by atoms with Gasteiger partial charge in [-0.2, -0.15) is 0 Å². The van der Waals surface area contributed by atoms with Crippen LogP contribution in [0, 0.1) is 0 Å². The van der Waals surface area contributed by atoms with Crippen LogP contribution < -0.4 is 21.3 Å². The van der Waals surface area contributed by atoms with Crippen molar-refractivity contribution in [3.63, 3.8) is 0 Å². The van der Waals surface area contributed by atoms with Crippen molar-refractivity contribution >= 4 is 23.7 Å². The Labute approximate surface area is 178 Å². The molecule has 0 radical (unpaired) electrons. The van der Waals surface area contributed by atoms with Crippen LogP contribution in [-0.2, 0) is 25.6 Å². The van der Waals surface area contributed by atoms with E-state index in [1.54, 1.807) is 0 Å². The Morgan fingerprint density at radius 2 is 1.90 bits per heavy atom. The van der Waals surface area contributed by atoms with Gasteiger partial charge in [0.25, 0.3) is 0 Å². The average Bonchev–Trinajstić information content (AvgIpc) is 3.42. The molecule has 5 unspecified atom stereocenters. The Hall–Kier alpha value is -3.03. The molecule has 1 saturated heterocycles. The van der Waals surface area contributed by atoms with E-state index in [1.165, 1.54) is 19.4 Å². The summed E-state index contributed by atoms with van der Waals surface area (Å²) in [5, 5.41) is 38.2. The fourth-order valence-corrected chi connectivity index (χ4v) is 3.11. The third-order valence-electron chi connectivity index (χ3n) is 4.85. The Bertz CT molecular complexity index is 763. The number of nitrogens with one attached hydrogen (secondary N) is 5. The van der Waals surface area contributed by atoms with Gasteiger partial charge in [0.15, 0.2) is 0 Å². The van der Waals surface area contributed by atoms with Crippen LogP contribution in [0.2, 0.25) is 0 Å². The quantitative estimate of drug-likeness (QED) is 0.172. The molecule has 31 heavy (non-hydrogen) atoms. The number of aliphatic carboxylic acids is 1. The van der Waals surface area contributed by atoms with E-state index in [-0.39, 0.29) is 6.42 Å². The van der Waals surface area contributed by atoms with E-state index in [1.807, 2.05) is 0 Å². The SMILES string of the molecule is CC(O)C(NC(=O)C1CCCN1)C(=O)NC(Cc1cnc[nH]1)C(=O)NC(CO)C(=O)O. The second kappa shape index (κ2) is 11.4. The fraction of sp³-hybridized carbons (Fsp3) is 0.611. The van der Waals surface area contributed by atoms with E-state index in [2.05, 4.69) is 31.2 Å². The Kier molecular flexibility index (Phi) is 8.90. The van der Waals surface area contributed by atoms with Crippen molar-refractivity contribution in [2.45, 2.75) is 56.5 Å². The highest BCUT2D eigenvalue weighted by molar-refractivity contribution is 5.94. The molecule has 172 valence electrons. The molecule has 1 aromatic rings. The topological polar surface area (TPSA) is 206 Å². The minimum Gasteiger partial charge on any atom is -0.480 e. The van der Waals surface area contributed by atoms with Crippen LogP contribution in [0.5, 0.6) is 0 Å². The van der Waals surface area contributed by atoms with Crippen molar-refractivity contribution in [2.24, 2.45) is 0 Å². The second-order valence-corrected chi connectivity index (χ2v) is 7.30. The van der Waals surface area contributed by atoms with E-state index >= 15 is 0 Å². The minimum atomic E-state index is -1.56. The zero-order chi connectivity index (χ0) is 23.0. The lowest BCUT2D eigenvalue weighted by molar-refractivity contribution is -0.143. The molecule has 0 aromatic carbocycles. The van der Waals surface area contributed by atoms with Gasteiger partial charge in [-0.25, -0.2) is 9.78 Å². The highest BCUT2D eigenvalue weighted by atomic mass is 16.4. The maximum Gasteiger partial charge on any atom is 0.328 e. The highest BCUT2D eigenvalue weighted by Gasteiger charge is 2.33. The number of hydrogen-bond acceptors (Lipinski definition) is 8. The maximum absolute atomic E-state index is 12.8. The molecule has 13 nitrogen and oxygen atoms in total. The molecule has 1 aromatic heterocycles. The van der Waals surface area contributed by atoms with E-state index < -0.39 is 60.6 Å². The van der Waals surface area contributed by atoms with Gasteiger partial charge in [0.05, 0.1) is 25.1 Å². The number of imidazole rings is 1. The van der Waals surface area contributed by atoms with Gasteiger partial charge in [-0.05, 0) is 26.3 Å². The first kappa shape index (κ1) is 24.2. The molecule has 1 aliphatic heterocycles. The highest BCUT2D eigenvalue weighted by Crippen LogP contribution is 2.07. The van der Waals surface area contributed by atoms with Gasteiger partial charge in [-0.1, -0.05) is 0 Å². The fourth-order valence-electron chi connectivity index (χ4n) is 3.11. The van der Waals surface area contributed by atoms with E-state index in [0.717, 1.165) is 6.42 Å². The van der Waals surface area contributed by atoms with E-state index in [4.69, 9.17) is 10.2 Å². The number of carboxylic acids is 1. The first-order valence-electron chi connectivity index (χ1n) is 9.86. The number of amides is 3. The van der Waals surface area contributed by atoms with Crippen molar-refractivity contribution in [3.8, 4) is 0 Å². The number of hydrogen-bond donors (Lipinski definition) is 8. The summed E-state index contributed by atoms with van der Waals surface area (Å²) < 4.78 is 0. The van der Waals surface area contributed by atoms with Gasteiger partial charge >= 0.3 is 5.97 Å². The lowest BCUT2D eigenvalue weighted by Gasteiger charge is -2.26. The number of aliphatic hydroxyl groups excluding tert-OH is 2. The van der Waals surface area contributed by atoms with Gasteiger partial charge in [-0.3, -0.25) is 14.4 Å². The average molecular weight is 440 g/mol. The van der Waals surface area contributed by atoms with Crippen molar-refractivity contribution in [2.75, 3.05) is 13.2 Å². The predicted octanol–water partition coefficient (Wildman–Crippen LogP) is -3.38. The third-order valence-corrected chi connectivity index (χ3v) is 4.85. The van der Waals surface area contributed by atoms with Gasteiger partial charge in [-0.15, -0.1) is 0 Å². The first-order valence-corrected chi connectivity index (χ1v) is 9.86. The molecule has 13 heteroatoms. The zero-order valence-corrected chi connectivity index (χ0v) is 17.0. The Balaban J connectivity index is 2.11. The summed E-state index contributed by atoms with van der Waals surface area (Å²) in [6.45, 7) is 1.15. The molecular formula is C18H28N6O7. The summed E-state index contributed by atoms with van der Waals surface area (Å²) in [5.74, 6) is -3.57. The number of aromatic amines is 1. The molecule has 2 heterocycles. The van der Waals surface area contributed by atoms with Crippen molar-refractivity contribution < 1.29 is 34.5 Å². The Morgan fingerprint density at radius 3 is 2.42 bits per heavy atom. The summed E-state index contributed by atoms with van der Waals surface area (Å²) >= 11 is 0. The van der Waals surface area contributed by atoms with Crippen LogP contribution in [0.15, 0.2) is 12.5 Å². The first-order chi connectivity index (χ1) is 14.7. The number of rotatable bonds is 11. The van der Waals surface area contributed by atoms with Gasteiger partial charge in [0.1, 0.15) is 18.1 Å². The lowest BCUT2D eigenvalue weighted by Crippen LogP contribution is -2.60. The van der Waals surface area contributed by atoms with Crippen LogP contribution >= 0.6 is 0 Å². The van der Waals surface area contributed by atoms with Gasteiger partial charge in [0, 0.05) is 18.3 Å². The number of carbonyl (C=O) groups is 4. The summed E-state index contributed by atoms with van der Waals surface area (Å²) in [6.07, 6.45) is 2.87. The van der Waals surface area contributed by atoms with Crippen molar-refractivity contribution in [3.05, 3.63) is 18.2 Å². The molecule has 1 aliphatic rings. The van der Waals surface area contributed by atoms with E-state index in [9.17, 15) is 24.3 Å². The van der Waals surface area contributed by atoms with Crippen LogP contribution in [0.25, 0.3) is 0 Å². The lowest BCUT2D eigenvalue weighted by atomic mass is 10.1. The van der Waals surface area contributed by atoms with Crippen LogP contribution in [-0.4, -0.2) is 92.4 Å². The molecule has 5 atom stereocenters. The van der Waals surface area contributed by atoms with Gasteiger partial charge < -0.3 is 41.6 Å². The summed E-state index contributed by atoms with van der Waals surface area (Å²) in [6, 6.07) is -4.63. The molecule has 1 fully saturated rings. The molecular weight excluding hydrogens is 412 g/mol. The summed E-state index contributed by atoms with van der Waals surface area (Å²) in [5.41, 5.74) is 0.476. The van der Waals surface area contributed by atoms with Crippen LogP contribution in [0.1, 0.15) is 25.5 Å². The monoisotopic (exact) mass is 440 g/mol. The smallest absolute Gasteiger partial charge is 0.328 e. The number of nitrogens with zero attached hydrogens (tertiary/aromatic N) is 1. The van der Waals surface area contributed by atoms with Crippen LogP contribution in [0.4, 0.5) is 0 Å². The predicted molar refractivity (Wildman–Crippen MR) is 106 cm³/mol. The normalized spacial score (nSPS) is 19.6. The van der Waals surface area contributed by atoms with Crippen LogP contribution in [0.3, 0.4) is 0 Å². The minimum absolute atomic E-state index is 0.0694. The number of aromatic nitrogens is 2. The number of carbonyl (C=O) groups excluding carboxylic acids is 3. The molecule has 3 amide bonds. The third kappa shape index (κ3) is 7.01. The molecule has 0 aliphatic carbocycles. The summed E-state index contributed by atoms with van der Waals surface area (Å²) in [7, 11) is 0. The molecule has 8 N–H and O–H groups in total. The number of H-pyrrole nitrogens is 1. The zero-order valence-electron chi connectivity index (χ0n) is 17.0. The number of carboxylic acid groups (broad SMARTS) is 1. The Morgan fingerprint density at radius 1 is 1.19 bits per heavy atom. The van der Waals surface area contributed by atoms with Crippen molar-refractivity contribution in [1.82, 2.24) is 31.2 Å². The number of aliphatic hydroxyl groups is 2.